The largest absolute Gasteiger partial charge is 0.480 e. The molecule has 0 atom stereocenters. The Morgan fingerprint density at radius 3 is 2.58 bits per heavy atom. The van der Waals surface area contributed by atoms with Crippen LogP contribution in [0, 0.1) is 5.92 Å². The van der Waals surface area contributed by atoms with Gasteiger partial charge in [-0.1, -0.05) is 27.5 Å². The van der Waals surface area contributed by atoms with Gasteiger partial charge in [0.25, 0.3) is 5.91 Å². The lowest BCUT2D eigenvalue weighted by Crippen LogP contribution is -2.37. The van der Waals surface area contributed by atoms with E-state index >= 15 is 0 Å². The molecule has 19 heavy (non-hydrogen) atoms. The van der Waals surface area contributed by atoms with Crippen LogP contribution in [0.5, 0.6) is 0 Å². The molecule has 2 rings (SSSR count). The maximum Gasteiger partial charge on any atom is 0.323 e. The summed E-state index contributed by atoms with van der Waals surface area (Å²) in [5.74, 6) is -0.862. The summed E-state index contributed by atoms with van der Waals surface area (Å²) in [5, 5.41) is 9.34. The van der Waals surface area contributed by atoms with Crippen molar-refractivity contribution >= 4 is 39.4 Å². The van der Waals surface area contributed by atoms with Crippen LogP contribution in [0.4, 0.5) is 0 Å². The van der Waals surface area contributed by atoms with Crippen LogP contribution < -0.4 is 0 Å². The fourth-order valence-electron chi connectivity index (χ4n) is 1.85. The molecule has 1 aliphatic carbocycles. The van der Waals surface area contributed by atoms with Gasteiger partial charge in [0.15, 0.2) is 0 Å². The molecule has 1 amide bonds. The van der Waals surface area contributed by atoms with Crippen molar-refractivity contribution in [1.82, 2.24) is 4.90 Å². The highest BCUT2D eigenvalue weighted by atomic mass is 79.9. The Hall–Kier alpha value is -1.07. The molecule has 0 saturated heterocycles. The molecule has 102 valence electrons. The van der Waals surface area contributed by atoms with E-state index in [4.69, 9.17) is 16.7 Å². The minimum absolute atomic E-state index is 0.278. The van der Waals surface area contributed by atoms with E-state index in [1.807, 2.05) is 0 Å². The molecular weight excluding hydrogens is 334 g/mol. The molecule has 0 radical (unpaired) electrons. The van der Waals surface area contributed by atoms with Crippen LogP contribution in [0.3, 0.4) is 0 Å². The summed E-state index contributed by atoms with van der Waals surface area (Å²) < 4.78 is 0.699. The first-order valence-electron chi connectivity index (χ1n) is 5.93. The molecule has 0 spiro atoms. The van der Waals surface area contributed by atoms with E-state index in [-0.39, 0.29) is 12.5 Å². The quantitative estimate of drug-likeness (QED) is 0.891. The molecular formula is C13H13BrClNO3. The Bertz CT molecular complexity index is 496. The Labute approximate surface area is 124 Å². The third-order valence-electron chi connectivity index (χ3n) is 2.90. The fraction of sp³-hybridized carbons (Fsp3) is 0.385. The molecule has 1 fully saturated rings. The van der Waals surface area contributed by atoms with Crippen molar-refractivity contribution in [2.45, 2.75) is 12.8 Å². The Kier molecular flexibility index (Phi) is 4.47. The van der Waals surface area contributed by atoms with Crippen LogP contribution in [0.1, 0.15) is 23.2 Å². The number of hydrogen-bond acceptors (Lipinski definition) is 2. The second kappa shape index (κ2) is 5.92. The standard InChI is InChI=1S/C13H13BrClNO3/c14-10-3-9(4-11(15)5-10)13(19)16(7-12(17)18)6-8-1-2-8/h3-5,8H,1-2,6-7H2,(H,17,18). The third-order valence-corrected chi connectivity index (χ3v) is 3.57. The minimum Gasteiger partial charge on any atom is -0.480 e. The SMILES string of the molecule is O=C(O)CN(CC1CC1)C(=O)c1cc(Cl)cc(Br)c1. The number of rotatable bonds is 5. The summed E-state index contributed by atoms with van der Waals surface area (Å²) in [4.78, 5) is 24.6. The topological polar surface area (TPSA) is 57.6 Å². The van der Waals surface area contributed by atoms with Gasteiger partial charge < -0.3 is 10.0 Å². The minimum atomic E-state index is -1.00. The van der Waals surface area contributed by atoms with Gasteiger partial charge in [-0.05, 0) is 37.0 Å². The van der Waals surface area contributed by atoms with E-state index in [1.54, 1.807) is 18.2 Å². The highest BCUT2D eigenvalue weighted by Gasteiger charge is 2.28. The first-order valence-corrected chi connectivity index (χ1v) is 7.10. The summed E-state index contributed by atoms with van der Waals surface area (Å²) in [6, 6.07) is 4.88. The number of carbonyl (C=O) groups is 2. The number of nitrogens with zero attached hydrogens (tertiary/aromatic N) is 1. The molecule has 1 aromatic carbocycles. The monoisotopic (exact) mass is 345 g/mol. The lowest BCUT2D eigenvalue weighted by atomic mass is 10.2. The summed E-state index contributed by atoms with van der Waals surface area (Å²) in [6.07, 6.45) is 2.12. The van der Waals surface area contributed by atoms with Crippen LogP contribution in [-0.4, -0.2) is 35.0 Å². The van der Waals surface area contributed by atoms with Gasteiger partial charge in [0.1, 0.15) is 6.54 Å². The van der Waals surface area contributed by atoms with Crippen molar-refractivity contribution in [2.75, 3.05) is 13.1 Å². The van der Waals surface area contributed by atoms with Crippen molar-refractivity contribution in [3.05, 3.63) is 33.3 Å². The average Bonchev–Trinajstić information content (AvgIpc) is 3.09. The molecule has 0 heterocycles. The van der Waals surface area contributed by atoms with Gasteiger partial charge in [-0.3, -0.25) is 9.59 Å². The number of hydrogen-bond donors (Lipinski definition) is 1. The number of benzene rings is 1. The van der Waals surface area contributed by atoms with Crippen molar-refractivity contribution in [3.63, 3.8) is 0 Å². The maximum absolute atomic E-state index is 12.3. The van der Waals surface area contributed by atoms with E-state index in [0.29, 0.717) is 27.5 Å². The Balaban J connectivity index is 2.18. The summed E-state index contributed by atoms with van der Waals surface area (Å²) in [6.45, 7) is 0.217. The van der Waals surface area contributed by atoms with E-state index in [9.17, 15) is 9.59 Å². The highest BCUT2D eigenvalue weighted by molar-refractivity contribution is 9.10. The molecule has 0 aliphatic heterocycles. The Morgan fingerprint density at radius 1 is 1.37 bits per heavy atom. The number of carboxylic acid groups (broad SMARTS) is 1. The van der Waals surface area contributed by atoms with E-state index in [1.165, 1.54) is 4.90 Å². The van der Waals surface area contributed by atoms with Gasteiger partial charge in [0.05, 0.1) is 0 Å². The van der Waals surface area contributed by atoms with Gasteiger partial charge >= 0.3 is 5.97 Å². The zero-order valence-electron chi connectivity index (χ0n) is 10.1. The number of carbonyl (C=O) groups excluding carboxylic acids is 1. The highest BCUT2D eigenvalue weighted by Crippen LogP contribution is 2.30. The van der Waals surface area contributed by atoms with Gasteiger partial charge in [0.2, 0.25) is 0 Å². The smallest absolute Gasteiger partial charge is 0.323 e. The number of carboxylic acids is 1. The maximum atomic E-state index is 12.3. The Morgan fingerprint density at radius 2 is 2.05 bits per heavy atom. The molecule has 0 bridgehead atoms. The molecule has 4 nitrogen and oxygen atoms in total. The fourth-order valence-corrected chi connectivity index (χ4v) is 2.71. The second-order valence-electron chi connectivity index (χ2n) is 4.68. The van der Waals surface area contributed by atoms with Gasteiger partial charge in [-0.25, -0.2) is 0 Å². The average molecular weight is 347 g/mol. The molecule has 1 N–H and O–H groups in total. The van der Waals surface area contributed by atoms with Gasteiger partial charge in [0, 0.05) is 21.6 Å². The zero-order chi connectivity index (χ0) is 14.0. The summed E-state index contributed by atoms with van der Waals surface area (Å²) in [5.41, 5.74) is 0.404. The molecule has 0 unspecified atom stereocenters. The lowest BCUT2D eigenvalue weighted by molar-refractivity contribution is -0.137. The van der Waals surface area contributed by atoms with Crippen LogP contribution in [0.25, 0.3) is 0 Å². The molecule has 1 aromatic rings. The summed E-state index contributed by atoms with van der Waals surface area (Å²) in [7, 11) is 0. The van der Waals surface area contributed by atoms with E-state index in [0.717, 1.165) is 12.8 Å². The molecule has 0 aromatic heterocycles. The normalized spacial score (nSPS) is 14.2. The predicted molar refractivity (Wildman–Crippen MR) is 75.4 cm³/mol. The molecule has 1 saturated carbocycles. The second-order valence-corrected chi connectivity index (χ2v) is 6.03. The first kappa shape index (κ1) is 14.3. The predicted octanol–water partition coefficient (Wildman–Crippen LogP) is 3.04. The van der Waals surface area contributed by atoms with Gasteiger partial charge in [-0.2, -0.15) is 0 Å². The molecule has 6 heteroatoms. The first-order chi connectivity index (χ1) is 8.95. The van der Waals surface area contributed by atoms with E-state index in [2.05, 4.69) is 15.9 Å². The molecule has 1 aliphatic rings. The van der Waals surface area contributed by atoms with Crippen LogP contribution in [0.2, 0.25) is 5.02 Å². The van der Waals surface area contributed by atoms with Crippen LogP contribution in [0.15, 0.2) is 22.7 Å². The van der Waals surface area contributed by atoms with Crippen molar-refractivity contribution in [2.24, 2.45) is 5.92 Å². The summed E-state index contributed by atoms with van der Waals surface area (Å²) >= 11 is 9.18. The third kappa shape index (κ3) is 4.21. The van der Waals surface area contributed by atoms with Crippen molar-refractivity contribution in [1.29, 1.82) is 0 Å². The van der Waals surface area contributed by atoms with Crippen LogP contribution >= 0.6 is 27.5 Å². The lowest BCUT2D eigenvalue weighted by Gasteiger charge is -2.20. The number of halogens is 2. The zero-order valence-corrected chi connectivity index (χ0v) is 12.4. The van der Waals surface area contributed by atoms with Crippen molar-refractivity contribution < 1.29 is 14.7 Å². The van der Waals surface area contributed by atoms with E-state index < -0.39 is 5.97 Å². The number of aliphatic carboxylic acids is 1. The van der Waals surface area contributed by atoms with Crippen LogP contribution in [-0.2, 0) is 4.79 Å². The van der Waals surface area contributed by atoms with Gasteiger partial charge in [-0.15, -0.1) is 0 Å². The number of amides is 1. The van der Waals surface area contributed by atoms with Crippen molar-refractivity contribution in [3.8, 4) is 0 Å².